The number of hydrogen-bond acceptors (Lipinski definition) is 4. The van der Waals surface area contributed by atoms with Crippen molar-refractivity contribution < 1.29 is 13.9 Å². The molecule has 7 heteroatoms. The molecule has 3 rings (SSSR count). The van der Waals surface area contributed by atoms with Crippen LogP contribution < -0.4 is 10.1 Å². The molecule has 0 aliphatic carbocycles. The van der Waals surface area contributed by atoms with Crippen LogP contribution in [0.4, 0.5) is 4.39 Å². The lowest BCUT2D eigenvalue weighted by atomic mass is 9.97. The Balaban J connectivity index is 1.65. The molecule has 0 radical (unpaired) electrons. The summed E-state index contributed by atoms with van der Waals surface area (Å²) in [5, 5.41) is 3.02. The molecule has 0 bridgehead atoms. The van der Waals surface area contributed by atoms with Gasteiger partial charge in [0.15, 0.2) is 0 Å². The van der Waals surface area contributed by atoms with E-state index in [1.807, 2.05) is 0 Å². The minimum atomic E-state index is -0.374. The van der Waals surface area contributed by atoms with Gasteiger partial charge in [0, 0.05) is 25.3 Å². The molecule has 150 valence electrons. The SMILES string of the molecule is CC(C)N1CCCC(CNC(=O)c2cccnc2Oc2ccc(F)cc2Br)C1. The molecule has 1 amide bonds. The van der Waals surface area contributed by atoms with E-state index in [-0.39, 0.29) is 17.6 Å². The van der Waals surface area contributed by atoms with E-state index in [9.17, 15) is 9.18 Å². The van der Waals surface area contributed by atoms with Gasteiger partial charge in [0.1, 0.15) is 17.1 Å². The third-order valence-electron chi connectivity index (χ3n) is 4.95. The van der Waals surface area contributed by atoms with Crippen LogP contribution in [0.15, 0.2) is 41.0 Å². The van der Waals surface area contributed by atoms with Crippen LogP contribution in [-0.2, 0) is 0 Å². The van der Waals surface area contributed by atoms with Gasteiger partial charge < -0.3 is 15.0 Å². The van der Waals surface area contributed by atoms with Crippen LogP contribution in [0.5, 0.6) is 11.6 Å². The van der Waals surface area contributed by atoms with Gasteiger partial charge in [-0.05, 0) is 85.4 Å². The first kappa shape index (κ1) is 20.7. The Hall–Kier alpha value is -1.99. The van der Waals surface area contributed by atoms with Gasteiger partial charge in [-0.1, -0.05) is 0 Å². The monoisotopic (exact) mass is 449 g/mol. The van der Waals surface area contributed by atoms with Crippen LogP contribution in [0.2, 0.25) is 0 Å². The Bertz CT molecular complexity index is 831. The van der Waals surface area contributed by atoms with Gasteiger partial charge in [-0.2, -0.15) is 0 Å². The molecule has 1 aromatic carbocycles. The Kier molecular flexibility index (Phi) is 7.02. The molecular formula is C21H25BrFN3O2. The number of halogens is 2. The minimum Gasteiger partial charge on any atom is -0.437 e. The number of ether oxygens (including phenoxy) is 1. The third kappa shape index (κ3) is 5.29. The molecule has 1 N–H and O–H groups in total. The normalized spacial score (nSPS) is 17.5. The van der Waals surface area contributed by atoms with Crippen molar-refractivity contribution in [1.29, 1.82) is 0 Å². The number of carbonyl (C=O) groups excluding carboxylic acids is 1. The summed E-state index contributed by atoms with van der Waals surface area (Å²) in [5.74, 6) is 0.435. The highest BCUT2D eigenvalue weighted by molar-refractivity contribution is 9.10. The molecule has 1 atom stereocenters. The molecule has 1 aliphatic heterocycles. The van der Waals surface area contributed by atoms with Gasteiger partial charge in [0.05, 0.1) is 4.47 Å². The van der Waals surface area contributed by atoms with Crippen LogP contribution >= 0.6 is 15.9 Å². The maximum atomic E-state index is 13.3. The van der Waals surface area contributed by atoms with Crippen LogP contribution in [0.3, 0.4) is 0 Å². The second-order valence-corrected chi connectivity index (χ2v) is 8.19. The molecule has 2 aromatic rings. The number of carbonyl (C=O) groups is 1. The van der Waals surface area contributed by atoms with Gasteiger partial charge in [-0.25, -0.2) is 9.37 Å². The molecule has 1 fully saturated rings. The Labute approximate surface area is 173 Å². The van der Waals surface area contributed by atoms with Gasteiger partial charge in [0.25, 0.3) is 5.91 Å². The van der Waals surface area contributed by atoms with Crippen molar-refractivity contribution in [3.8, 4) is 11.6 Å². The predicted molar refractivity (Wildman–Crippen MR) is 110 cm³/mol. The molecule has 5 nitrogen and oxygen atoms in total. The molecule has 0 spiro atoms. The topological polar surface area (TPSA) is 54.5 Å². The molecule has 0 saturated carbocycles. The first-order chi connectivity index (χ1) is 13.4. The molecule has 1 unspecified atom stereocenters. The number of piperidine rings is 1. The highest BCUT2D eigenvalue weighted by Gasteiger charge is 2.23. The fourth-order valence-corrected chi connectivity index (χ4v) is 3.80. The summed E-state index contributed by atoms with van der Waals surface area (Å²) in [6.07, 6.45) is 3.83. The van der Waals surface area contributed by atoms with E-state index in [0.717, 1.165) is 25.9 Å². The largest absolute Gasteiger partial charge is 0.437 e. The molecule has 1 aromatic heterocycles. The van der Waals surface area contributed by atoms with E-state index in [2.05, 4.69) is 45.0 Å². The summed E-state index contributed by atoms with van der Waals surface area (Å²) in [7, 11) is 0. The minimum absolute atomic E-state index is 0.194. The zero-order valence-corrected chi connectivity index (χ0v) is 17.7. The third-order valence-corrected chi connectivity index (χ3v) is 5.57. The van der Waals surface area contributed by atoms with Crippen LogP contribution in [0.25, 0.3) is 0 Å². The number of pyridine rings is 1. The predicted octanol–water partition coefficient (Wildman–Crippen LogP) is 4.63. The Morgan fingerprint density at radius 1 is 1.43 bits per heavy atom. The summed E-state index contributed by atoms with van der Waals surface area (Å²) in [5.41, 5.74) is 0.357. The lowest BCUT2D eigenvalue weighted by Crippen LogP contribution is -2.43. The van der Waals surface area contributed by atoms with Crippen molar-refractivity contribution in [2.45, 2.75) is 32.7 Å². The highest BCUT2D eigenvalue weighted by Crippen LogP contribution is 2.30. The highest BCUT2D eigenvalue weighted by atomic mass is 79.9. The second kappa shape index (κ2) is 9.47. The number of likely N-dealkylation sites (tertiary alicyclic amines) is 1. The molecular weight excluding hydrogens is 425 g/mol. The van der Waals surface area contributed by atoms with Crippen molar-refractivity contribution in [1.82, 2.24) is 15.2 Å². The molecule has 1 aliphatic rings. The number of benzene rings is 1. The summed E-state index contributed by atoms with van der Waals surface area (Å²) >= 11 is 3.27. The van der Waals surface area contributed by atoms with Gasteiger partial charge in [0.2, 0.25) is 5.88 Å². The van der Waals surface area contributed by atoms with Gasteiger partial charge >= 0.3 is 0 Å². The van der Waals surface area contributed by atoms with Crippen LogP contribution in [0.1, 0.15) is 37.0 Å². The van der Waals surface area contributed by atoms with Crippen LogP contribution in [-0.4, -0.2) is 41.5 Å². The van der Waals surface area contributed by atoms with Crippen molar-refractivity contribution in [3.63, 3.8) is 0 Å². The van der Waals surface area contributed by atoms with E-state index in [1.54, 1.807) is 18.3 Å². The lowest BCUT2D eigenvalue weighted by molar-refractivity contribution is 0.0920. The summed E-state index contributed by atoms with van der Waals surface area (Å²) < 4.78 is 19.5. The number of aromatic nitrogens is 1. The van der Waals surface area contributed by atoms with E-state index >= 15 is 0 Å². The van der Waals surface area contributed by atoms with E-state index in [4.69, 9.17) is 4.74 Å². The fraction of sp³-hybridized carbons (Fsp3) is 0.429. The smallest absolute Gasteiger partial charge is 0.256 e. The van der Waals surface area contributed by atoms with Crippen molar-refractivity contribution in [3.05, 3.63) is 52.4 Å². The standard InChI is InChI=1S/C21H25BrFN3O2/c1-14(2)26-10-4-5-15(13-26)12-25-20(27)17-6-3-9-24-21(17)28-19-8-7-16(23)11-18(19)22/h3,6-9,11,14-15H,4-5,10,12-13H2,1-2H3,(H,25,27). The maximum absolute atomic E-state index is 13.3. The molecule has 28 heavy (non-hydrogen) atoms. The Morgan fingerprint density at radius 3 is 3.00 bits per heavy atom. The van der Waals surface area contributed by atoms with Crippen molar-refractivity contribution >= 4 is 21.8 Å². The second-order valence-electron chi connectivity index (χ2n) is 7.34. The molecule has 1 saturated heterocycles. The van der Waals surface area contributed by atoms with Gasteiger partial charge in [-0.15, -0.1) is 0 Å². The average molecular weight is 450 g/mol. The summed E-state index contributed by atoms with van der Waals surface area (Å²) in [4.78, 5) is 19.4. The summed E-state index contributed by atoms with van der Waals surface area (Å²) in [6, 6.07) is 8.00. The number of amides is 1. The lowest BCUT2D eigenvalue weighted by Gasteiger charge is -2.35. The van der Waals surface area contributed by atoms with Crippen molar-refractivity contribution in [2.75, 3.05) is 19.6 Å². The van der Waals surface area contributed by atoms with Crippen LogP contribution in [0, 0.1) is 11.7 Å². The van der Waals surface area contributed by atoms with E-state index in [0.29, 0.717) is 34.3 Å². The van der Waals surface area contributed by atoms with E-state index < -0.39 is 0 Å². The van der Waals surface area contributed by atoms with Gasteiger partial charge in [-0.3, -0.25) is 4.79 Å². The fourth-order valence-electron chi connectivity index (χ4n) is 3.37. The maximum Gasteiger partial charge on any atom is 0.256 e. The average Bonchev–Trinajstić information content (AvgIpc) is 2.69. The first-order valence-corrected chi connectivity index (χ1v) is 10.3. The number of hydrogen-bond donors (Lipinski definition) is 1. The summed E-state index contributed by atoms with van der Waals surface area (Å²) in [6.45, 7) is 7.14. The number of rotatable bonds is 6. The number of nitrogens with one attached hydrogen (secondary N) is 1. The first-order valence-electron chi connectivity index (χ1n) is 9.54. The van der Waals surface area contributed by atoms with Crippen molar-refractivity contribution in [2.24, 2.45) is 5.92 Å². The molecule has 2 heterocycles. The number of nitrogens with zero attached hydrogens (tertiary/aromatic N) is 2. The van der Waals surface area contributed by atoms with E-state index in [1.165, 1.54) is 18.2 Å². The zero-order chi connectivity index (χ0) is 20.1. The Morgan fingerprint density at radius 2 is 2.25 bits per heavy atom. The quantitative estimate of drug-likeness (QED) is 0.698. The zero-order valence-electron chi connectivity index (χ0n) is 16.1.